The number of pyridine rings is 1. The van der Waals surface area contributed by atoms with Crippen molar-refractivity contribution in [3.05, 3.63) is 80.6 Å². The van der Waals surface area contributed by atoms with Crippen LogP contribution < -0.4 is 16.2 Å². The van der Waals surface area contributed by atoms with Gasteiger partial charge in [-0.2, -0.15) is 0 Å². The number of fused-ring (bicyclic) bond motifs is 1. The molecule has 9 heteroatoms. The molecule has 0 saturated heterocycles. The maximum absolute atomic E-state index is 13.7. The van der Waals surface area contributed by atoms with E-state index in [4.69, 9.17) is 28.2 Å². The van der Waals surface area contributed by atoms with E-state index in [9.17, 15) is 9.59 Å². The second-order valence-electron chi connectivity index (χ2n) is 8.50. The zero-order valence-electron chi connectivity index (χ0n) is 19.6. The van der Waals surface area contributed by atoms with E-state index < -0.39 is 5.56 Å². The van der Waals surface area contributed by atoms with E-state index in [1.54, 1.807) is 42.5 Å². The molecule has 180 valence electrons. The van der Waals surface area contributed by atoms with Gasteiger partial charge >= 0.3 is 0 Å². The lowest BCUT2D eigenvalue weighted by atomic mass is 10.1. The van der Waals surface area contributed by atoms with Crippen LogP contribution in [0.5, 0.6) is 0 Å². The number of hydrogen-bond donors (Lipinski definition) is 2. The van der Waals surface area contributed by atoms with Crippen LogP contribution in [0.15, 0.2) is 59.4 Å². The van der Waals surface area contributed by atoms with Crippen LogP contribution in [-0.4, -0.2) is 33.5 Å². The van der Waals surface area contributed by atoms with Crippen molar-refractivity contribution in [3.8, 4) is 22.6 Å². The SMILES string of the molecule is CNCc1cc(Cl)cc(-c2ccc3nc(-c4cccc(Cl)c4)n(CC(=O)NC(C)C)c(=O)c3n2)c1. The number of nitrogens with one attached hydrogen (secondary N) is 2. The summed E-state index contributed by atoms with van der Waals surface area (Å²) in [4.78, 5) is 35.6. The van der Waals surface area contributed by atoms with Gasteiger partial charge in [-0.1, -0.05) is 35.3 Å². The highest BCUT2D eigenvalue weighted by Crippen LogP contribution is 2.26. The van der Waals surface area contributed by atoms with Gasteiger partial charge in [-0.15, -0.1) is 0 Å². The van der Waals surface area contributed by atoms with Crippen LogP contribution >= 0.6 is 23.2 Å². The molecule has 0 aliphatic carbocycles. The van der Waals surface area contributed by atoms with Crippen LogP contribution in [0.25, 0.3) is 33.7 Å². The van der Waals surface area contributed by atoms with E-state index in [0.29, 0.717) is 39.2 Å². The minimum Gasteiger partial charge on any atom is -0.352 e. The Hall–Kier alpha value is -3.26. The second-order valence-corrected chi connectivity index (χ2v) is 9.37. The number of carbonyl (C=O) groups excluding carboxylic acids is 1. The van der Waals surface area contributed by atoms with Gasteiger partial charge in [0, 0.05) is 33.8 Å². The molecule has 0 aliphatic rings. The third kappa shape index (κ3) is 5.70. The number of hydrogen-bond acceptors (Lipinski definition) is 5. The van der Waals surface area contributed by atoms with E-state index in [2.05, 4.69) is 15.6 Å². The second kappa shape index (κ2) is 10.6. The van der Waals surface area contributed by atoms with Crippen LogP contribution in [0.4, 0.5) is 0 Å². The van der Waals surface area contributed by atoms with Crippen LogP contribution in [-0.2, 0) is 17.9 Å². The molecule has 1 amide bonds. The Labute approximate surface area is 213 Å². The summed E-state index contributed by atoms with van der Waals surface area (Å²) in [7, 11) is 1.86. The lowest BCUT2D eigenvalue weighted by molar-refractivity contribution is -0.122. The average Bonchev–Trinajstić information content (AvgIpc) is 2.80. The van der Waals surface area contributed by atoms with Gasteiger partial charge in [-0.3, -0.25) is 14.2 Å². The Morgan fingerprint density at radius 1 is 1.00 bits per heavy atom. The summed E-state index contributed by atoms with van der Waals surface area (Å²) in [5.41, 5.74) is 3.17. The molecular formula is C26H25Cl2N5O2. The first kappa shape index (κ1) is 24.9. The first-order valence-corrected chi connectivity index (χ1v) is 11.9. The van der Waals surface area contributed by atoms with Gasteiger partial charge in [0.05, 0.1) is 11.2 Å². The standard InChI is InChI=1S/C26H25Cl2N5O2/c1-15(2)30-23(34)14-33-25(17-5-4-6-19(27)11-17)32-22-8-7-21(31-24(22)26(33)35)18-9-16(13-29-3)10-20(28)12-18/h4-12,15,29H,13-14H2,1-3H3,(H,30,34). The molecular weight excluding hydrogens is 485 g/mol. The van der Waals surface area contributed by atoms with Crippen LogP contribution in [0, 0.1) is 0 Å². The Morgan fingerprint density at radius 2 is 1.77 bits per heavy atom. The number of rotatable bonds is 7. The molecule has 0 fully saturated rings. The van der Waals surface area contributed by atoms with Crippen molar-refractivity contribution in [2.45, 2.75) is 33.0 Å². The Morgan fingerprint density at radius 3 is 2.49 bits per heavy atom. The summed E-state index contributed by atoms with van der Waals surface area (Å²) >= 11 is 12.5. The topological polar surface area (TPSA) is 88.9 Å². The third-order valence-corrected chi connectivity index (χ3v) is 5.73. The molecule has 35 heavy (non-hydrogen) atoms. The number of amides is 1. The van der Waals surface area contributed by atoms with Crippen molar-refractivity contribution in [2.24, 2.45) is 0 Å². The van der Waals surface area contributed by atoms with E-state index in [1.165, 1.54) is 4.57 Å². The Kier molecular flexibility index (Phi) is 7.50. The summed E-state index contributed by atoms with van der Waals surface area (Å²) in [5, 5.41) is 7.01. The molecule has 2 heterocycles. The molecule has 0 unspecified atom stereocenters. The summed E-state index contributed by atoms with van der Waals surface area (Å²) in [6, 6.07) is 16.2. The first-order chi connectivity index (χ1) is 16.7. The van der Waals surface area contributed by atoms with Crippen LogP contribution in [0.1, 0.15) is 19.4 Å². The molecule has 0 saturated carbocycles. The predicted octanol–water partition coefficient (Wildman–Crippen LogP) is 4.68. The Bertz CT molecular complexity index is 1470. The molecule has 2 aromatic carbocycles. The van der Waals surface area contributed by atoms with E-state index in [-0.39, 0.29) is 24.0 Å². The fraction of sp³-hybridized carbons (Fsp3) is 0.231. The average molecular weight is 510 g/mol. The maximum Gasteiger partial charge on any atom is 0.280 e. The fourth-order valence-corrected chi connectivity index (χ4v) is 4.32. The monoisotopic (exact) mass is 509 g/mol. The van der Waals surface area contributed by atoms with Crippen molar-refractivity contribution in [2.75, 3.05) is 7.05 Å². The lowest BCUT2D eigenvalue weighted by Crippen LogP contribution is -2.37. The van der Waals surface area contributed by atoms with Gasteiger partial charge in [0.2, 0.25) is 5.91 Å². The number of nitrogens with zero attached hydrogens (tertiary/aromatic N) is 3. The zero-order valence-corrected chi connectivity index (χ0v) is 21.1. The molecule has 2 N–H and O–H groups in total. The summed E-state index contributed by atoms with van der Waals surface area (Å²) < 4.78 is 1.34. The molecule has 0 spiro atoms. The van der Waals surface area contributed by atoms with Gasteiger partial charge in [-0.05, 0) is 68.9 Å². The minimum absolute atomic E-state index is 0.0689. The molecule has 0 atom stereocenters. The van der Waals surface area contributed by atoms with Crippen molar-refractivity contribution in [1.82, 2.24) is 25.2 Å². The van der Waals surface area contributed by atoms with Gasteiger partial charge in [0.25, 0.3) is 5.56 Å². The fourth-order valence-electron chi connectivity index (χ4n) is 3.87. The molecule has 7 nitrogen and oxygen atoms in total. The largest absolute Gasteiger partial charge is 0.352 e. The molecule has 4 rings (SSSR count). The van der Waals surface area contributed by atoms with Gasteiger partial charge in [0.15, 0.2) is 5.52 Å². The molecule has 2 aromatic heterocycles. The summed E-state index contributed by atoms with van der Waals surface area (Å²) in [6.45, 7) is 4.16. The van der Waals surface area contributed by atoms with Crippen LogP contribution in [0.3, 0.4) is 0 Å². The minimum atomic E-state index is -0.414. The number of carbonyl (C=O) groups is 1. The van der Waals surface area contributed by atoms with Crippen molar-refractivity contribution >= 4 is 40.1 Å². The van der Waals surface area contributed by atoms with E-state index in [1.807, 2.05) is 33.0 Å². The van der Waals surface area contributed by atoms with Gasteiger partial charge < -0.3 is 10.6 Å². The van der Waals surface area contributed by atoms with E-state index in [0.717, 1.165) is 11.1 Å². The molecule has 0 aliphatic heterocycles. The highest BCUT2D eigenvalue weighted by atomic mass is 35.5. The predicted molar refractivity (Wildman–Crippen MR) is 141 cm³/mol. The van der Waals surface area contributed by atoms with Gasteiger partial charge in [-0.25, -0.2) is 9.97 Å². The number of aromatic nitrogens is 3. The van der Waals surface area contributed by atoms with Gasteiger partial charge in [0.1, 0.15) is 12.4 Å². The van der Waals surface area contributed by atoms with Crippen molar-refractivity contribution < 1.29 is 4.79 Å². The normalized spacial score (nSPS) is 11.3. The number of halogens is 2. The quantitative estimate of drug-likeness (QED) is 0.377. The molecule has 4 aromatic rings. The number of benzene rings is 2. The highest BCUT2D eigenvalue weighted by molar-refractivity contribution is 6.31. The molecule has 0 bridgehead atoms. The molecule has 0 radical (unpaired) electrons. The third-order valence-electron chi connectivity index (χ3n) is 5.27. The lowest BCUT2D eigenvalue weighted by Gasteiger charge is -2.15. The summed E-state index contributed by atoms with van der Waals surface area (Å²) in [5.74, 6) is 0.0479. The first-order valence-electron chi connectivity index (χ1n) is 11.2. The highest BCUT2D eigenvalue weighted by Gasteiger charge is 2.18. The van der Waals surface area contributed by atoms with Crippen molar-refractivity contribution in [3.63, 3.8) is 0 Å². The van der Waals surface area contributed by atoms with Crippen molar-refractivity contribution in [1.29, 1.82) is 0 Å². The smallest absolute Gasteiger partial charge is 0.280 e. The van der Waals surface area contributed by atoms with E-state index >= 15 is 0 Å². The Balaban J connectivity index is 1.90. The summed E-state index contributed by atoms with van der Waals surface area (Å²) in [6.07, 6.45) is 0. The zero-order chi connectivity index (χ0) is 25.1. The maximum atomic E-state index is 13.7. The van der Waals surface area contributed by atoms with Crippen LogP contribution in [0.2, 0.25) is 10.0 Å².